The van der Waals surface area contributed by atoms with Crippen molar-refractivity contribution in [3.8, 4) is 0 Å². The molecule has 2 rings (SSSR count). The Hall–Kier alpha value is -2.09. The van der Waals surface area contributed by atoms with Gasteiger partial charge in [-0.25, -0.2) is 0 Å². The van der Waals surface area contributed by atoms with Gasteiger partial charge in [-0.05, 0) is 42.0 Å². The van der Waals surface area contributed by atoms with Crippen molar-refractivity contribution < 1.29 is 4.79 Å². The molecule has 0 saturated carbocycles. The van der Waals surface area contributed by atoms with Crippen molar-refractivity contribution in [2.24, 2.45) is 0 Å². The number of amides is 1. The van der Waals surface area contributed by atoms with Gasteiger partial charge in [0.1, 0.15) is 0 Å². The monoisotopic (exact) mass is 295 g/mol. The molecule has 0 fully saturated rings. The molecule has 2 nitrogen and oxygen atoms in total. The van der Waals surface area contributed by atoms with Crippen LogP contribution in [0.4, 0.5) is 5.69 Å². The summed E-state index contributed by atoms with van der Waals surface area (Å²) in [6.07, 6.45) is 1.27. The second-order valence-corrected chi connectivity index (χ2v) is 6.86. The van der Waals surface area contributed by atoms with Crippen molar-refractivity contribution in [3.05, 3.63) is 65.2 Å². The minimum Gasteiger partial charge on any atom is -0.326 e. The Balaban J connectivity index is 1.88. The van der Waals surface area contributed by atoms with E-state index in [9.17, 15) is 4.79 Å². The summed E-state index contributed by atoms with van der Waals surface area (Å²) in [5.74, 6) is 0.0593. The van der Waals surface area contributed by atoms with Crippen molar-refractivity contribution >= 4 is 11.6 Å². The maximum atomic E-state index is 12.0. The number of benzene rings is 2. The Kier molecular flexibility index (Phi) is 5.02. The van der Waals surface area contributed by atoms with Gasteiger partial charge in [0.05, 0.1) is 0 Å². The summed E-state index contributed by atoms with van der Waals surface area (Å²) in [5, 5.41) is 2.96. The van der Waals surface area contributed by atoms with Gasteiger partial charge in [0.25, 0.3) is 0 Å². The molecular formula is C20H25NO. The molecule has 0 aliphatic rings. The van der Waals surface area contributed by atoms with Gasteiger partial charge in [-0.3, -0.25) is 4.79 Å². The maximum absolute atomic E-state index is 12.0. The fraction of sp³-hybridized carbons (Fsp3) is 0.350. The highest BCUT2D eigenvalue weighted by molar-refractivity contribution is 5.90. The van der Waals surface area contributed by atoms with Gasteiger partial charge in [0, 0.05) is 12.1 Å². The lowest BCUT2D eigenvalue weighted by atomic mass is 9.87. The van der Waals surface area contributed by atoms with Gasteiger partial charge >= 0.3 is 0 Å². The first-order chi connectivity index (χ1) is 10.3. The van der Waals surface area contributed by atoms with Crippen LogP contribution in [0, 0.1) is 6.92 Å². The average Bonchev–Trinajstić information content (AvgIpc) is 2.46. The summed E-state index contributed by atoms with van der Waals surface area (Å²) in [6.45, 7) is 8.62. The molecule has 1 N–H and O–H groups in total. The van der Waals surface area contributed by atoms with Crippen LogP contribution < -0.4 is 5.32 Å². The van der Waals surface area contributed by atoms with Crippen molar-refractivity contribution in [2.45, 2.75) is 46.0 Å². The van der Waals surface area contributed by atoms with E-state index in [1.165, 1.54) is 16.7 Å². The predicted molar refractivity (Wildman–Crippen MR) is 93.3 cm³/mol. The zero-order chi connectivity index (χ0) is 16.2. The molecule has 2 heteroatoms. The fourth-order valence-electron chi connectivity index (χ4n) is 2.29. The molecule has 0 radical (unpaired) electrons. The first-order valence-electron chi connectivity index (χ1n) is 7.80. The third-order valence-corrected chi connectivity index (χ3v) is 3.80. The van der Waals surface area contributed by atoms with Crippen LogP contribution in [0.2, 0.25) is 0 Å². The lowest BCUT2D eigenvalue weighted by Gasteiger charge is -2.19. The molecule has 1 amide bonds. The standard InChI is InChI=1S/C20H25NO/c1-15-5-7-16(8-6-15)9-14-19(22)21-18-12-10-17(11-13-18)20(2,3)4/h5-8,10-13H,9,14H2,1-4H3,(H,21,22). The molecule has 116 valence electrons. The minimum absolute atomic E-state index is 0.0593. The van der Waals surface area contributed by atoms with E-state index >= 15 is 0 Å². The molecule has 0 atom stereocenters. The van der Waals surface area contributed by atoms with E-state index in [1.54, 1.807) is 0 Å². The number of nitrogens with one attached hydrogen (secondary N) is 1. The van der Waals surface area contributed by atoms with Crippen molar-refractivity contribution in [1.82, 2.24) is 0 Å². The summed E-state index contributed by atoms with van der Waals surface area (Å²) < 4.78 is 0. The van der Waals surface area contributed by atoms with Crippen LogP contribution in [-0.2, 0) is 16.6 Å². The first-order valence-corrected chi connectivity index (χ1v) is 7.80. The molecule has 0 spiro atoms. The van der Waals surface area contributed by atoms with E-state index in [-0.39, 0.29) is 11.3 Å². The molecule has 0 unspecified atom stereocenters. The number of hydrogen-bond acceptors (Lipinski definition) is 1. The highest BCUT2D eigenvalue weighted by Crippen LogP contribution is 2.23. The molecule has 0 aliphatic carbocycles. The SMILES string of the molecule is Cc1ccc(CCC(=O)Nc2ccc(C(C)(C)C)cc2)cc1. The van der Waals surface area contributed by atoms with Gasteiger partial charge in [-0.15, -0.1) is 0 Å². The Morgan fingerprint density at radius 1 is 0.955 bits per heavy atom. The van der Waals surface area contributed by atoms with E-state index in [1.807, 2.05) is 12.1 Å². The largest absolute Gasteiger partial charge is 0.326 e. The number of carbonyl (C=O) groups is 1. The van der Waals surface area contributed by atoms with Gasteiger partial charge < -0.3 is 5.32 Å². The van der Waals surface area contributed by atoms with Crippen LogP contribution in [0.15, 0.2) is 48.5 Å². The molecule has 0 aliphatic heterocycles. The summed E-state index contributed by atoms with van der Waals surface area (Å²) in [7, 11) is 0. The second kappa shape index (κ2) is 6.78. The van der Waals surface area contributed by atoms with Crippen molar-refractivity contribution in [3.63, 3.8) is 0 Å². The van der Waals surface area contributed by atoms with Gasteiger partial charge in [-0.1, -0.05) is 62.7 Å². The lowest BCUT2D eigenvalue weighted by Crippen LogP contribution is -2.14. The Bertz CT molecular complexity index is 618. The van der Waals surface area contributed by atoms with Crippen molar-refractivity contribution in [2.75, 3.05) is 5.32 Å². The molecule has 0 heterocycles. The molecule has 0 saturated heterocycles. The molecule has 22 heavy (non-hydrogen) atoms. The summed E-state index contributed by atoms with van der Waals surface area (Å²) in [6, 6.07) is 16.4. The van der Waals surface area contributed by atoms with Gasteiger partial charge in [-0.2, -0.15) is 0 Å². The van der Waals surface area contributed by atoms with Crippen LogP contribution in [0.1, 0.15) is 43.9 Å². The van der Waals surface area contributed by atoms with E-state index in [0.717, 1.165) is 12.1 Å². The highest BCUT2D eigenvalue weighted by Gasteiger charge is 2.13. The lowest BCUT2D eigenvalue weighted by molar-refractivity contribution is -0.116. The van der Waals surface area contributed by atoms with Gasteiger partial charge in [0.15, 0.2) is 0 Å². The quantitative estimate of drug-likeness (QED) is 0.857. The van der Waals surface area contributed by atoms with Crippen LogP contribution in [0.25, 0.3) is 0 Å². The number of hydrogen-bond donors (Lipinski definition) is 1. The predicted octanol–water partition coefficient (Wildman–Crippen LogP) is 4.86. The normalized spacial score (nSPS) is 11.3. The number of rotatable bonds is 4. The van der Waals surface area contributed by atoms with Crippen LogP contribution in [0.5, 0.6) is 0 Å². The number of carbonyl (C=O) groups excluding carboxylic acids is 1. The van der Waals surface area contributed by atoms with E-state index in [2.05, 4.69) is 69.4 Å². The van der Waals surface area contributed by atoms with E-state index < -0.39 is 0 Å². The van der Waals surface area contributed by atoms with Crippen LogP contribution in [0.3, 0.4) is 0 Å². The third-order valence-electron chi connectivity index (χ3n) is 3.80. The van der Waals surface area contributed by atoms with E-state index in [4.69, 9.17) is 0 Å². The molecule has 2 aromatic rings. The van der Waals surface area contributed by atoms with Crippen LogP contribution >= 0.6 is 0 Å². The molecular weight excluding hydrogens is 270 g/mol. The minimum atomic E-state index is 0.0593. The third kappa shape index (κ3) is 4.73. The first kappa shape index (κ1) is 16.3. The molecule has 2 aromatic carbocycles. The molecule has 0 aromatic heterocycles. The van der Waals surface area contributed by atoms with Gasteiger partial charge in [0.2, 0.25) is 5.91 Å². The van der Waals surface area contributed by atoms with Crippen molar-refractivity contribution in [1.29, 1.82) is 0 Å². The second-order valence-electron chi connectivity index (χ2n) is 6.86. The zero-order valence-electron chi connectivity index (χ0n) is 13.9. The van der Waals surface area contributed by atoms with E-state index in [0.29, 0.717) is 6.42 Å². The Morgan fingerprint density at radius 2 is 1.55 bits per heavy atom. The maximum Gasteiger partial charge on any atom is 0.224 e. The average molecular weight is 295 g/mol. The highest BCUT2D eigenvalue weighted by atomic mass is 16.1. The number of anilines is 1. The van der Waals surface area contributed by atoms with Crippen LogP contribution in [-0.4, -0.2) is 5.91 Å². The fourth-order valence-corrected chi connectivity index (χ4v) is 2.29. The Morgan fingerprint density at radius 3 is 2.09 bits per heavy atom. The smallest absolute Gasteiger partial charge is 0.224 e. The topological polar surface area (TPSA) is 29.1 Å². The summed E-state index contributed by atoms with van der Waals surface area (Å²) >= 11 is 0. The number of aryl methyl sites for hydroxylation is 2. The molecule has 0 bridgehead atoms. The summed E-state index contributed by atoms with van der Waals surface area (Å²) in [5.41, 5.74) is 4.71. The summed E-state index contributed by atoms with van der Waals surface area (Å²) in [4.78, 5) is 12.0. The zero-order valence-corrected chi connectivity index (χ0v) is 13.9. The Labute approximate surface area is 133 Å².